The van der Waals surface area contributed by atoms with Crippen LogP contribution in [0, 0.1) is 0 Å². The number of carbonyl (C=O) groups is 2. The van der Waals surface area contributed by atoms with E-state index in [4.69, 9.17) is 10.5 Å². The van der Waals surface area contributed by atoms with Crippen LogP contribution in [0.5, 0.6) is 0 Å². The number of nitrogens with two attached hydrogens (primary N) is 1. The van der Waals surface area contributed by atoms with Gasteiger partial charge in [-0.05, 0) is 19.3 Å². The fourth-order valence-corrected chi connectivity index (χ4v) is 2.24. The Hall–Kier alpha value is -1.14. The molecule has 0 aromatic carbocycles. The molecule has 19 heavy (non-hydrogen) atoms. The van der Waals surface area contributed by atoms with Crippen LogP contribution in [-0.2, 0) is 14.3 Å². The molecule has 110 valence electrons. The van der Waals surface area contributed by atoms with Crippen molar-refractivity contribution in [1.82, 2.24) is 10.2 Å². The highest BCUT2D eigenvalue weighted by Gasteiger charge is 2.24. The van der Waals surface area contributed by atoms with E-state index in [2.05, 4.69) is 5.32 Å². The first-order valence-corrected chi connectivity index (χ1v) is 6.91. The second-order valence-electron chi connectivity index (χ2n) is 4.99. The monoisotopic (exact) mass is 271 g/mol. The number of rotatable bonds is 6. The molecule has 0 unspecified atom stereocenters. The van der Waals surface area contributed by atoms with Crippen LogP contribution < -0.4 is 11.1 Å². The van der Waals surface area contributed by atoms with Crippen LogP contribution in [0.1, 0.15) is 32.6 Å². The highest BCUT2D eigenvalue weighted by atomic mass is 16.5. The first-order chi connectivity index (χ1) is 9.08. The largest absolute Gasteiger partial charge is 0.375 e. The van der Waals surface area contributed by atoms with Crippen LogP contribution >= 0.6 is 0 Å². The van der Waals surface area contributed by atoms with Gasteiger partial charge in [0, 0.05) is 26.2 Å². The number of methoxy groups -OCH3 is 1. The van der Waals surface area contributed by atoms with E-state index in [1.807, 2.05) is 6.92 Å². The smallest absolute Gasteiger partial charge is 0.248 e. The first kappa shape index (κ1) is 15.9. The summed E-state index contributed by atoms with van der Waals surface area (Å²) < 4.78 is 4.83. The van der Waals surface area contributed by atoms with Gasteiger partial charge in [-0.15, -0.1) is 0 Å². The van der Waals surface area contributed by atoms with Gasteiger partial charge in [-0.2, -0.15) is 0 Å². The Morgan fingerprint density at radius 3 is 2.58 bits per heavy atom. The van der Waals surface area contributed by atoms with Gasteiger partial charge in [0.25, 0.3) is 0 Å². The number of likely N-dealkylation sites (tertiary alicyclic amines) is 1. The topological polar surface area (TPSA) is 84.7 Å². The number of amides is 2. The van der Waals surface area contributed by atoms with Gasteiger partial charge in [0.05, 0.1) is 6.04 Å². The molecular formula is C13H25N3O3. The molecule has 1 heterocycles. The molecule has 0 aromatic heterocycles. The van der Waals surface area contributed by atoms with Gasteiger partial charge in [0.1, 0.15) is 6.61 Å². The first-order valence-electron chi connectivity index (χ1n) is 6.91. The summed E-state index contributed by atoms with van der Waals surface area (Å²) in [7, 11) is 1.51. The van der Waals surface area contributed by atoms with Crippen molar-refractivity contribution in [3.63, 3.8) is 0 Å². The van der Waals surface area contributed by atoms with Crippen molar-refractivity contribution in [2.45, 2.75) is 44.7 Å². The zero-order valence-corrected chi connectivity index (χ0v) is 11.9. The fourth-order valence-electron chi connectivity index (χ4n) is 2.24. The highest BCUT2D eigenvalue weighted by molar-refractivity contribution is 5.81. The Morgan fingerprint density at radius 2 is 2.05 bits per heavy atom. The molecule has 1 rings (SSSR count). The SMILES string of the molecule is CCC[C@H](N)C(=O)NC1CCN(C(=O)COC)CC1. The molecule has 0 aromatic rings. The summed E-state index contributed by atoms with van der Waals surface area (Å²) in [5.74, 6) is -0.0709. The molecule has 0 bridgehead atoms. The molecule has 2 amide bonds. The van der Waals surface area contributed by atoms with Crippen LogP contribution in [0.4, 0.5) is 0 Å². The van der Waals surface area contributed by atoms with Crippen molar-refractivity contribution in [1.29, 1.82) is 0 Å². The molecule has 1 fully saturated rings. The van der Waals surface area contributed by atoms with Crippen molar-refractivity contribution < 1.29 is 14.3 Å². The van der Waals surface area contributed by atoms with Crippen LogP contribution in [0.3, 0.4) is 0 Å². The summed E-state index contributed by atoms with van der Waals surface area (Å²) in [5.41, 5.74) is 5.77. The van der Waals surface area contributed by atoms with Gasteiger partial charge < -0.3 is 20.7 Å². The number of piperidine rings is 1. The predicted molar refractivity (Wildman–Crippen MR) is 72.5 cm³/mol. The van der Waals surface area contributed by atoms with E-state index < -0.39 is 6.04 Å². The van der Waals surface area contributed by atoms with Crippen LogP contribution in [-0.4, -0.2) is 55.6 Å². The van der Waals surface area contributed by atoms with Gasteiger partial charge in [-0.25, -0.2) is 0 Å². The second-order valence-corrected chi connectivity index (χ2v) is 4.99. The summed E-state index contributed by atoms with van der Waals surface area (Å²) in [6.07, 6.45) is 3.16. The van der Waals surface area contributed by atoms with Crippen molar-refractivity contribution in [3.8, 4) is 0 Å². The molecular weight excluding hydrogens is 246 g/mol. The van der Waals surface area contributed by atoms with Gasteiger partial charge in [-0.1, -0.05) is 13.3 Å². The molecule has 6 nitrogen and oxygen atoms in total. The number of carbonyl (C=O) groups excluding carboxylic acids is 2. The average molecular weight is 271 g/mol. The van der Waals surface area contributed by atoms with E-state index in [1.54, 1.807) is 4.90 Å². The quantitative estimate of drug-likeness (QED) is 0.704. The summed E-state index contributed by atoms with van der Waals surface area (Å²) in [4.78, 5) is 25.2. The Kier molecular flexibility index (Phi) is 6.80. The van der Waals surface area contributed by atoms with E-state index >= 15 is 0 Å². The van der Waals surface area contributed by atoms with Crippen LogP contribution in [0.2, 0.25) is 0 Å². The van der Waals surface area contributed by atoms with Crippen LogP contribution in [0.15, 0.2) is 0 Å². The van der Waals surface area contributed by atoms with Crippen molar-refractivity contribution in [2.24, 2.45) is 5.73 Å². The van der Waals surface area contributed by atoms with E-state index in [1.165, 1.54) is 7.11 Å². The molecule has 1 aliphatic rings. The van der Waals surface area contributed by atoms with Gasteiger partial charge >= 0.3 is 0 Å². The maximum absolute atomic E-state index is 11.8. The van der Waals surface area contributed by atoms with Crippen molar-refractivity contribution in [3.05, 3.63) is 0 Å². The lowest BCUT2D eigenvalue weighted by molar-refractivity contribution is -0.136. The number of nitrogens with one attached hydrogen (secondary N) is 1. The predicted octanol–water partition coefficient (Wildman–Crippen LogP) is -0.133. The Balaban J connectivity index is 2.30. The van der Waals surface area contributed by atoms with Crippen molar-refractivity contribution >= 4 is 11.8 Å². The summed E-state index contributed by atoms with van der Waals surface area (Å²) >= 11 is 0. The minimum atomic E-state index is -0.418. The average Bonchev–Trinajstić information content (AvgIpc) is 2.40. The lowest BCUT2D eigenvalue weighted by Crippen LogP contribution is -2.50. The number of nitrogens with zero attached hydrogens (tertiary/aromatic N) is 1. The summed E-state index contributed by atoms with van der Waals surface area (Å²) in [6.45, 7) is 3.46. The summed E-state index contributed by atoms with van der Waals surface area (Å²) in [6, 6.07) is -0.292. The molecule has 0 spiro atoms. The van der Waals surface area contributed by atoms with E-state index in [-0.39, 0.29) is 24.5 Å². The molecule has 0 aliphatic carbocycles. The number of hydrogen-bond acceptors (Lipinski definition) is 4. The normalized spacial score (nSPS) is 18.2. The highest BCUT2D eigenvalue weighted by Crippen LogP contribution is 2.11. The third-order valence-electron chi connectivity index (χ3n) is 3.40. The lowest BCUT2D eigenvalue weighted by Gasteiger charge is -2.32. The minimum Gasteiger partial charge on any atom is -0.375 e. The van der Waals surface area contributed by atoms with Crippen LogP contribution in [0.25, 0.3) is 0 Å². The molecule has 1 saturated heterocycles. The Bertz CT molecular complexity index is 302. The zero-order valence-electron chi connectivity index (χ0n) is 11.9. The standard InChI is InChI=1S/C13H25N3O3/c1-3-4-11(14)13(18)15-10-5-7-16(8-6-10)12(17)9-19-2/h10-11H,3-9,14H2,1-2H3,(H,15,18)/t11-/m0/s1. The Morgan fingerprint density at radius 1 is 1.42 bits per heavy atom. The molecule has 6 heteroatoms. The van der Waals surface area contributed by atoms with E-state index in [0.717, 1.165) is 19.3 Å². The maximum Gasteiger partial charge on any atom is 0.248 e. The molecule has 3 N–H and O–H groups in total. The van der Waals surface area contributed by atoms with E-state index in [0.29, 0.717) is 19.5 Å². The van der Waals surface area contributed by atoms with Gasteiger partial charge in [-0.3, -0.25) is 9.59 Å². The molecule has 0 radical (unpaired) electrons. The minimum absolute atomic E-state index is 0.00922. The Labute approximate surface area is 114 Å². The third-order valence-corrected chi connectivity index (χ3v) is 3.40. The molecule has 1 atom stereocenters. The van der Waals surface area contributed by atoms with Gasteiger partial charge in [0.15, 0.2) is 0 Å². The summed E-state index contributed by atoms with van der Waals surface area (Å²) in [5, 5.41) is 2.96. The van der Waals surface area contributed by atoms with Crippen molar-refractivity contribution in [2.75, 3.05) is 26.8 Å². The number of hydrogen-bond donors (Lipinski definition) is 2. The fraction of sp³-hybridized carbons (Fsp3) is 0.846. The lowest BCUT2D eigenvalue weighted by atomic mass is 10.0. The molecule has 0 saturated carbocycles. The van der Waals surface area contributed by atoms with Gasteiger partial charge in [0.2, 0.25) is 11.8 Å². The second kappa shape index (κ2) is 8.12. The zero-order chi connectivity index (χ0) is 14.3. The molecule has 1 aliphatic heterocycles. The van der Waals surface area contributed by atoms with E-state index in [9.17, 15) is 9.59 Å². The maximum atomic E-state index is 11.8. The third kappa shape index (κ3) is 5.16. The number of ether oxygens (including phenoxy) is 1.